The summed E-state index contributed by atoms with van der Waals surface area (Å²) >= 11 is 0. The summed E-state index contributed by atoms with van der Waals surface area (Å²) in [5.74, 6) is -4.91. The van der Waals surface area contributed by atoms with Crippen LogP contribution in [0.1, 0.15) is 26.7 Å². The van der Waals surface area contributed by atoms with Gasteiger partial charge in [0.1, 0.15) is 71.4 Å². The van der Waals surface area contributed by atoms with Crippen LogP contribution in [0.5, 0.6) is 23.0 Å². The number of aliphatic hydroxyl groups is 6. The lowest BCUT2D eigenvalue weighted by atomic mass is 9.97. The second-order valence-corrected chi connectivity index (χ2v) is 12.8. The molecule has 2 fully saturated rings. The third kappa shape index (κ3) is 8.22. The van der Waals surface area contributed by atoms with Crippen molar-refractivity contribution in [3.63, 3.8) is 0 Å². The second-order valence-electron chi connectivity index (χ2n) is 12.8. The number of carboxylic acids is 1. The maximum absolute atomic E-state index is 14.0. The zero-order chi connectivity index (χ0) is 38.2. The highest BCUT2D eigenvalue weighted by Crippen LogP contribution is 2.38. The van der Waals surface area contributed by atoms with Crippen LogP contribution >= 0.6 is 0 Å². The highest BCUT2D eigenvalue weighted by Gasteiger charge is 2.51. The zero-order valence-corrected chi connectivity index (χ0v) is 27.5. The van der Waals surface area contributed by atoms with E-state index in [1.165, 1.54) is 31.2 Å². The fraction of sp³-hybridized carbons (Fsp3) is 0.485. The number of hydrogen-bond acceptors (Lipinski definition) is 18. The Morgan fingerprint density at radius 3 is 2.17 bits per heavy atom. The summed E-state index contributed by atoms with van der Waals surface area (Å²) in [7, 11) is 0. The molecule has 0 aliphatic carbocycles. The van der Waals surface area contributed by atoms with Gasteiger partial charge in [0.05, 0.1) is 24.5 Å². The molecule has 5 rings (SSSR count). The van der Waals surface area contributed by atoms with E-state index in [0.29, 0.717) is 0 Å². The summed E-state index contributed by atoms with van der Waals surface area (Å²) in [6.45, 7) is 1.61. The average Bonchev–Trinajstić information content (AvgIpc) is 3.05. The number of phenolic OH excluding ortho intramolecular Hbond substituents is 3. The number of rotatable bonds is 11. The fourth-order valence-corrected chi connectivity index (χ4v) is 5.78. The van der Waals surface area contributed by atoms with Crippen molar-refractivity contribution in [3.8, 4) is 34.3 Å². The van der Waals surface area contributed by atoms with Crippen molar-refractivity contribution in [2.75, 3.05) is 6.61 Å². The van der Waals surface area contributed by atoms with Crippen LogP contribution in [0, 0.1) is 0 Å². The highest BCUT2D eigenvalue weighted by atomic mass is 16.8. The minimum atomic E-state index is -2.05. The van der Waals surface area contributed by atoms with Crippen molar-refractivity contribution in [2.45, 2.75) is 93.7 Å². The molecule has 19 heteroatoms. The Morgan fingerprint density at radius 1 is 0.846 bits per heavy atom. The van der Waals surface area contributed by atoms with Crippen molar-refractivity contribution in [3.05, 3.63) is 46.6 Å². The van der Waals surface area contributed by atoms with E-state index >= 15 is 0 Å². The maximum atomic E-state index is 14.0. The quantitative estimate of drug-likeness (QED) is 0.103. The number of phenols is 3. The van der Waals surface area contributed by atoms with E-state index in [1.807, 2.05) is 0 Å². The Morgan fingerprint density at radius 2 is 1.52 bits per heavy atom. The molecule has 11 unspecified atom stereocenters. The summed E-state index contributed by atoms with van der Waals surface area (Å²) < 4.78 is 34.0. The van der Waals surface area contributed by atoms with Crippen LogP contribution in [-0.2, 0) is 28.5 Å². The topological polar surface area (TPSA) is 313 Å². The molecule has 2 aliphatic heterocycles. The molecule has 0 amide bonds. The number of aliphatic carboxylic acids is 1. The van der Waals surface area contributed by atoms with Crippen LogP contribution in [0.2, 0.25) is 0 Å². The number of carbonyl (C=O) groups excluding carboxylic acids is 1. The van der Waals surface area contributed by atoms with Gasteiger partial charge in [0.25, 0.3) is 0 Å². The molecule has 0 spiro atoms. The smallest absolute Gasteiger partial charge is 0.308 e. The number of hydrogen-bond donors (Lipinski definition) is 10. The highest BCUT2D eigenvalue weighted by molar-refractivity contribution is 5.88. The summed E-state index contributed by atoms with van der Waals surface area (Å²) in [6, 6.07) is 7.03. The van der Waals surface area contributed by atoms with Gasteiger partial charge in [-0.05, 0) is 38.1 Å². The van der Waals surface area contributed by atoms with E-state index in [-0.39, 0.29) is 22.7 Å². The number of esters is 1. The van der Waals surface area contributed by atoms with Crippen molar-refractivity contribution in [1.82, 2.24) is 0 Å². The minimum absolute atomic E-state index is 0.111. The molecule has 0 bridgehead atoms. The summed E-state index contributed by atoms with van der Waals surface area (Å²) in [5.41, 5.74) is -3.24. The first-order valence-corrected chi connectivity index (χ1v) is 15.8. The Labute approximate surface area is 293 Å². The third-order valence-corrected chi connectivity index (χ3v) is 8.49. The van der Waals surface area contributed by atoms with E-state index in [1.54, 1.807) is 0 Å². The largest absolute Gasteiger partial charge is 0.508 e. The standard InChI is InChI=1S/C33H38O19/c1-12-22(40)25(43)27(45)31(48-12)52-30-26(44)23(41)18(11-47-20(39)10-33(2,46)9-19(37)38)50-32(30)51-29-24(42)21-16(36)7-15(35)8-17(21)49-28(29)13-3-5-14(34)6-4-13/h3-8,12,18,22-23,25-27,30-32,34-36,40-41,43-46H,9-11H2,1-2H3,(H,37,38). The first kappa shape index (κ1) is 38.7. The molecule has 0 saturated carbocycles. The minimum Gasteiger partial charge on any atom is -0.508 e. The lowest BCUT2D eigenvalue weighted by Crippen LogP contribution is -2.64. The van der Waals surface area contributed by atoms with Gasteiger partial charge in [-0.1, -0.05) is 0 Å². The molecule has 11 atom stereocenters. The van der Waals surface area contributed by atoms with Crippen LogP contribution in [0.25, 0.3) is 22.3 Å². The number of carbonyl (C=O) groups is 2. The first-order valence-electron chi connectivity index (χ1n) is 15.8. The predicted molar refractivity (Wildman–Crippen MR) is 170 cm³/mol. The zero-order valence-electron chi connectivity index (χ0n) is 27.5. The van der Waals surface area contributed by atoms with Gasteiger partial charge in [-0.15, -0.1) is 0 Å². The molecular formula is C33H38O19. The Kier molecular flexibility index (Phi) is 11.3. The Bertz CT molecular complexity index is 1820. The number of fused-ring (bicyclic) bond motifs is 1. The fourth-order valence-electron chi connectivity index (χ4n) is 5.78. The van der Waals surface area contributed by atoms with Crippen LogP contribution in [0.15, 0.2) is 45.6 Å². The van der Waals surface area contributed by atoms with Crippen LogP contribution < -0.4 is 10.2 Å². The van der Waals surface area contributed by atoms with Gasteiger partial charge < -0.3 is 79.2 Å². The number of benzene rings is 2. The predicted octanol–water partition coefficient (Wildman–Crippen LogP) is -1.23. The lowest BCUT2D eigenvalue weighted by Gasteiger charge is -2.45. The van der Waals surface area contributed by atoms with Gasteiger partial charge in [-0.3, -0.25) is 14.4 Å². The van der Waals surface area contributed by atoms with Crippen LogP contribution in [-0.4, -0.2) is 137 Å². The number of ether oxygens (including phenoxy) is 5. The summed E-state index contributed by atoms with van der Waals surface area (Å²) in [6.07, 6.45) is -19.3. The van der Waals surface area contributed by atoms with Crippen molar-refractivity contribution >= 4 is 22.9 Å². The van der Waals surface area contributed by atoms with E-state index in [9.17, 15) is 60.3 Å². The molecule has 1 aromatic heterocycles. The van der Waals surface area contributed by atoms with Crippen molar-refractivity contribution in [1.29, 1.82) is 0 Å². The average molecular weight is 739 g/mol. The van der Waals surface area contributed by atoms with Gasteiger partial charge in [0.15, 0.2) is 18.2 Å². The van der Waals surface area contributed by atoms with Gasteiger partial charge in [0, 0.05) is 17.7 Å². The monoisotopic (exact) mass is 738 g/mol. The number of carboxylic acid groups (broad SMARTS) is 1. The Balaban J connectivity index is 1.54. The van der Waals surface area contributed by atoms with Gasteiger partial charge >= 0.3 is 11.9 Å². The summed E-state index contributed by atoms with van der Waals surface area (Å²) in [4.78, 5) is 37.5. The third-order valence-electron chi connectivity index (χ3n) is 8.49. The lowest BCUT2D eigenvalue weighted by molar-refractivity contribution is -0.354. The van der Waals surface area contributed by atoms with E-state index < -0.39 is 126 Å². The van der Waals surface area contributed by atoms with E-state index in [0.717, 1.165) is 19.1 Å². The second kappa shape index (κ2) is 15.2. The SMILES string of the molecule is CC1OC(OC2C(Oc3c(-c4ccc(O)cc4)oc4cc(O)cc(O)c4c3=O)OC(COC(=O)CC(C)(O)CC(=O)O)C(O)C2O)C(O)C(O)C1O. The van der Waals surface area contributed by atoms with Gasteiger partial charge in [0.2, 0.25) is 17.5 Å². The molecule has 284 valence electrons. The summed E-state index contributed by atoms with van der Waals surface area (Å²) in [5, 5.41) is 103. The maximum Gasteiger partial charge on any atom is 0.308 e. The normalized spacial score (nSPS) is 30.4. The molecule has 2 saturated heterocycles. The molecule has 3 aromatic rings. The number of aromatic hydroxyl groups is 3. The van der Waals surface area contributed by atoms with Gasteiger partial charge in [-0.25, -0.2) is 0 Å². The van der Waals surface area contributed by atoms with Crippen LogP contribution in [0.3, 0.4) is 0 Å². The van der Waals surface area contributed by atoms with Crippen molar-refractivity contribution < 1.29 is 88.8 Å². The first-order chi connectivity index (χ1) is 24.4. The van der Waals surface area contributed by atoms with Gasteiger partial charge in [-0.2, -0.15) is 0 Å². The van der Waals surface area contributed by atoms with E-state index in [4.69, 9.17) is 33.2 Å². The molecule has 10 N–H and O–H groups in total. The molecule has 52 heavy (non-hydrogen) atoms. The molecule has 2 aliphatic rings. The molecular weight excluding hydrogens is 700 g/mol. The molecule has 2 aromatic carbocycles. The molecule has 19 nitrogen and oxygen atoms in total. The number of aliphatic hydroxyl groups excluding tert-OH is 5. The molecule has 0 radical (unpaired) electrons. The van der Waals surface area contributed by atoms with E-state index in [2.05, 4.69) is 0 Å². The molecule has 3 heterocycles. The van der Waals surface area contributed by atoms with Crippen molar-refractivity contribution in [2.24, 2.45) is 0 Å². The van der Waals surface area contributed by atoms with Crippen LogP contribution in [0.4, 0.5) is 0 Å². The Hall–Kier alpha value is -4.57.